The molecule has 2 heterocycles. The molecule has 2 fully saturated rings. The Morgan fingerprint density at radius 2 is 2.27 bits per heavy atom. The Kier molecular flexibility index (Phi) is 3.11. The summed E-state index contributed by atoms with van der Waals surface area (Å²) >= 11 is 0. The van der Waals surface area contributed by atoms with Crippen LogP contribution in [0.3, 0.4) is 0 Å². The predicted molar refractivity (Wildman–Crippen MR) is 55.0 cm³/mol. The SMILES string of the molecule is C[C@H]1CN(C(=O)O)CCN1C1CCOC1. The molecule has 2 rings (SSSR count). The first-order valence-corrected chi connectivity index (χ1v) is 5.50. The molecule has 0 aromatic carbocycles. The van der Waals surface area contributed by atoms with Crippen LogP contribution in [0.4, 0.5) is 4.79 Å². The second kappa shape index (κ2) is 4.37. The smallest absolute Gasteiger partial charge is 0.407 e. The van der Waals surface area contributed by atoms with E-state index in [0.717, 1.165) is 26.2 Å². The third-order valence-corrected chi connectivity index (χ3v) is 3.32. The minimum absolute atomic E-state index is 0.307. The number of hydrogen-bond donors (Lipinski definition) is 1. The lowest BCUT2D eigenvalue weighted by molar-refractivity contribution is 0.0437. The normalized spacial score (nSPS) is 33.3. The summed E-state index contributed by atoms with van der Waals surface area (Å²) in [5, 5.41) is 8.89. The van der Waals surface area contributed by atoms with Crippen LogP contribution < -0.4 is 0 Å². The second-order valence-electron chi connectivity index (χ2n) is 4.33. The Labute approximate surface area is 89.6 Å². The van der Waals surface area contributed by atoms with E-state index in [-0.39, 0.29) is 0 Å². The van der Waals surface area contributed by atoms with Gasteiger partial charge in [-0.25, -0.2) is 4.79 Å². The minimum atomic E-state index is -0.802. The zero-order chi connectivity index (χ0) is 10.8. The van der Waals surface area contributed by atoms with Crippen LogP contribution in [0, 0.1) is 0 Å². The Balaban J connectivity index is 1.91. The summed E-state index contributed by atoms with van der Waals surface area (Å²) in [5.41, 5.74) is 0. The van der Waals surface area contributed by atoms with Crippen LogP contribution >= 0.6 is 0 Å². The molecule has 1 amide bonds. The van der Waals surface area contributed by atoms with Crippen molar-refractivity contribution in [2.45, 2.75) is 25.4 Å². The van der Waals surface area contributed by atoms with Crippen LogP contribution in [-0.4, -0.2) is 65.9 Å². The minimum Gasteiger partial charge on any atom is -0.465 e. The molecule has 2 atom stereocenters. The number of carboxylic acid groups (broad SMARTS) is 1. The van der Waals surface area contributed by atoms with E-state index in [1.165, 1.54) is 4.90 Å². The third kappa shape index (κ3) is 2.23. The van der Waals surface area contributed by atoms with Crippen molar-refractivity contribution in [3.63, 3.8) is 0 Å². The van der Waals surface area contributed by atoms with Crippen LogP contribution in [0.25, 0.3) is 0 Å². The Bertz CT molecular complexity index is 241. The average molecular weight is 214 g/mol. The molecular formula is C10H18N2O3. The van der Waals surface area contributed by atoms with Crippen LogP contribution in [0.2, 0.25) is 0 Å². The van der Waals surface area contributed by atoms with E-state index in [1.807, 2.05) is 0 Å². The van der Waals surface area contributed by atoms with Gasteiger partial charge < -0.3 is 14.7 Å². The predicted octanol–water partition coefficient (Wildman–Crippen LogP) is 0.459. The molecule has 0 aromatic rings. The number of amides is 1. The molecule has 0 bridgehead atoms. The van der Waals surface area contributed by atoms with Crippen molar-refractivity contribution in [1.82, 2.24) is 9.80 Å². The third-order valence-electron chi connectivity index (χ3n) is 3.32. The van der Waals surface area contributed by atoms with Gasteiger partial charge >= 0.3 is 6.09 Å². The van der Waals surface area contributed by atoms with Crippen LogP contribution in [0.15, 0.2) is 0 Å². The van der Waals surface area contributed by atoms with Crippen LogP contribution in [-0.2, 0) is 4.74 Å². The summed E-state index contributed by atoms with van der Waals surface area (Å²) in [6, 6.07) is 0.803. The Hall–Kier alpha value is -0.810. The van der Waals surface area contributed by atoms with E-state index in [9.17, 15) is 4.79 Å². The topological polar surface area (TPSA) is 53.0 Å². The zero-order valence-corrected chi connectivity index (χ0v) is 9.06. The van der Waals surface area contributed by atoms with Crippen molar-refractivity contribution in [2.24, 2.45) is 0 Å². The number of hydrogen-bond acceptors (Lipinski definition) is 3. The molecule has 5 heteroatoms. The molecule has 2 saturated heterocycles. The lowest BCUT2D eigenvalue weighted by atomic mass is 10.1. The molecule has 0 aromatic heterocycles. The molecule has 0 aliphatic carbocycles. The average Bonchev–Trinajstić information content (AvgIpc) is 2.70. The monoisotopic (exact) mass is 214 g/mol. The molecular weight excluding hydrogens is 196 g/mol. The molecule has 2 aliphatic rings. The molecule has 1 N–H and O–H groups in total. The fourth-order valence-corrected chi connectivity index (χ4v) is 2.47. The lowest BCUT2D eigenvalue weighted by Crippen LogP contribution is -2.56. The van der Waals surface area contributed by atoms with Gasteiger partial charge in [0.25, 0.3) is 0 Å². The molecule has 0 radical (unpaired) electrons. The molecule has 86 valence electrons. The highest BCUT2D eigenvalue weighted by Crippen LogP contribution is 2.19. The molecule has 0 saturated carbocycles. The number of piperazine rings is 1. The maximum Gasteiger partial charge on any atom is 0.407 e. The fourth-order valence-electron chi connectivity index (χ4n) is 2.47. The van der Waals surface area contributed by atoms with E-state index in [2.05, 4.69) is 11.8 Å². The van der Waals surface area contributed by atoms with Gasteiger partial charge in [-0.15, -0.1) is 0 Å². The summed E-state index contributed by atoms with van der Waals surface area (Å²) in [7, 11) is 0. The maximum atomic E-state index is 10.8. The van der Waals surface area contributed by atoms with E-state index in [1.54, 1.807) is 0 Å². The summed E-state index contributed by atoms with van der Waals surface area (Å²) in [6.45, 7) is 5.81. The first-order valence-electron chi connectivity index (χ1n) is 5.50. The van der Waals surface area contributed by atoms with Gasteiger partial charge in [0.05, 0.1) is 6.61 Å². The molecule has 2 aliphatic heterocycles. The van der Waals surface area contributed by atoms with E-state index < -0.39 is 6.09 Å². The standard InChI is InChI=1S/C10H18N2O3/c1-8-6-11(10(13)14)3-4-12(8)9-2-5-15-7-9/h8-9H,2-7H2,1H3,(H,13,14)/t8-,9?/m0/s1. The van der Waals surface area contributed by atoms with Crippen molar-refractivity contribution >= 4 is 6.09 Å². The van der Waals surface area contributed by atoms with Gasteiger partial charge in [-0.2, -0.15) is 0 Å². The van der Waals surface area contributed by atoms with Crippen LogP contribution in [0.1, 0.15) is 13.3 Å². The second-order valence-corrected chi connectivity index (χ2v) is 4.33. The van der Waals surface area contributed by atoms with Gasteiger partial charge in [-0.05, 0) is 13.3 Å². The zero-order valence-electron chi connectivity index (χ0n) is 9.06. The summed E-state index contributed by atoms with van der Waals surface area (Å²) in [6.07, 6.45) is 0.279. The quantitative estimate of drug-likeness (QED) is 0.689. The number of ether oxygens (including phenoxy) is 1. The number of nitrogens with zero attached hydrogens (tertiary/aromatic N) is 2. The highest BCUT2D eigenvalue weighted by Gasteiger charge is 2.32. The van der Waals surface area contributed by atoms with Crippen molar-refractivity contribution in [2.75, 3.05) is 32.8 Å². The summed E-state index contributed by atoms with van der Waals surface area (Å²) in [4.78, 5) is 14.7. The number of carbonyl (C=O) groups is 1. The van der Waals surface area contributed by atoms with Crippen molar-refractivity contribution in [3.05, 3.63) is 0 Å². The van der Waals surface area contributed by atoms with Gasteiger partial charge in [-0.1, -0.05) is 0 Å². The first kappa shape index (κ1) is 10.7. The molecule has 0 spiro atoms. The number of rotatable bonds is 1. The van der Waals surface area contributed by atoms with E-state index in [4.69, 9.17) is 9.84 Å². The Morgan fingerprint density at radius 1 is 1.47 bits per heavy atom. The summed E-state index contributed by atoms with van der Waals surface area (Å²) in [5.74, 6) is 0. The lowest BCUT2D eigenvalue weighted by Gasteiger charge is -2.41. The highest BCUT2D eigenvalue weighted by molar-refractivity contribution is 5.65. The van der Waals surface area contributed by atoms with E-state index in [0.29, 0.717) is 25.2 Å². The maximum absolute atomic E-state index is 10.8. The fraction of sp³-hybridized carbons (Fsp3) is 0.900. The van der Waals surface area contributed by atoms with Gasteiger partial charge in [-0.3, -0.25) is 4.90 Å². The molecule has 15 heavy (non-hydrogen) atoms. The van der Waals surface area contributed by atoms with Gasteiger partial charge in [0.15, 0.2) is 0 Å². The first-order chi connectivity index (χ1) is 7.18. The van der Waals surface area contributed by atoms with Crippen molar-refractivity contribution in [3.8, 4) is 0 Å². The highest BCUT2D eigenvalue weighted by atomic mass is 16.5. The van der Waals surface area contributed by atoms with E-state index >= 15 is 0 Å². The molecule has 1 unspecified atom stereocenters. The van der Waals surface area contributed by atoms with Crippen LogP contribution in [0.5, 0.6) is 0 Å². The van der Waals surface area contributed by atoms with Crippen molar-refractivity contribution in [1.29, 1.82) is 0 Å². The van der Waals surface area contributed by atoms with Gasteiger partial charge in [0, 0.05) is 38.3 Å². The largest absolute Gasteiger partial charge is 0.465 e. The summed E-state index contributed by atoms with van der Waals surface area (Å²) < 4.78 is 5.36. The Morgan fingerprint density at radius 3 is 2.80 bits per heavy atom. The van der Waals surface area contributed by atoms with Gasteiger partial charge in [0.1, 0.15) is 0 Å². The molecule has 5 nitrogen and oxygen atoms in total. The van der Waals surface area contributed by atoms with Crippen molar-refractivity contribution < 1.29 is 14.6 Å². The van der Waals surface area contributed by atoms with Gasteiger partial charge in [0.2, 0.25) is 0 Å².